The van der Waals surface area contributed by atoms with Crippen molar-refractivity contribution in [2.24, 2.45) is 0 Å². The summed E-state index contributed by atoms with van der Waals surface area (Å²) in [6.45, 7) is 0.116. The molecular weight excluding hydrogens is 399 g/mol. The second-order valence-electron chi connectivity index (χ2n) is 5.80. The number of halogens is 1. The molecule has 10 heteroatoms. The summed E-state index contributed by atoms with van der Waals surface area (Å²) < 4.78 is 45.1. The third kappa shape index (κ3) is 5.98. The number of hydrogen-bond donors (Lipinski definition) is 2. The van der Waals surface area contributed by atoms with Crippen molar-refractivity contribution < 1.29 is 22.3 Å². The average molecular weight is 416 g/mol. The maximum absolute atomic E-state index is 12.8. The first-order valence-corrected chi connectivity index (χ1v) is 9.99. The van der Waals surface area contributed by atoms with Gasteiger partial charge in [0, 0.05) is 18.1 Å². The number of carbonyl (C=O) groups excluding carboxylic acids is 1. The summed E-state index contributed by atoms with van der Waals surface area (Å²) in [6.07, 6.45) is 2.91. The van der Waals surface area contributed by atoms with Crippen LogP contribution in [0.5, 0.6) is 5.75 Å². The van der Waals surface area contributed by atoms with Gasteiger partial charge in [0.05, 0.1) is 17.9 Å². The van der Waals surface area contributed by atoms with Crippen molar-refractivity contribution in [2.75, 3.05) is 16.6 Å². The lowest BCUT2D eigenvalue weighted by atomic mass is 10.3. The molecule has 0 aliphatic heterocycles. The third-order valence-corrected chi connectivity index (χ3v) is 5.00. The summed E-state index contributed by atoms with van der Waals surface area (Å²) in [4.78, 5) is 19.6. The van der Waals surface area contributed by atoms with Gasteiger partial charge in [-0.1, -0.05) is 0 Å². The smallest absolute Gasteiger partial charge is 0.264 e. The molecule has 1 aromatic heterocycles. The van der Waals surface area contributed by atoms with Gasteiger partial charge in [0.15, 0.2) is 0 Å². The summed E-state index contributed by atoms with van der Waals surface area (Å²) in [5.74, 6) is -0.250. The lowest BCUT2D eigenvalue weighted by Gasteiger charge is -2.09. The third-order valence-electron chi connectivity index (χ3n) is 3.65. The van der Waals surface area contributed by atoms with Gasteiger partial charge in [-0.2, -0.15) is 0 Å². The number of benzene rings is 2. The van der Waals surface area contributed by atoms with Crippen LogP contribution < -0.4 is 14.8 Å². The van der Waals surface area contributed by atoms with Crippen LogP contribution in [0.15, 0.2) is 71.9 Å². The highest BCUT2D eigenvalue weighted by atomic mass is 32.2. The molecule has 150 valence electrons. The molecule has 29 heavy (non-hydrogen) atoms. The molecule has 0 radical (unpaired) electrons. The van der Waals surface area contributed by atoms with Crippen molar-refractivity contribution in [3.8, 4) is 5.75 Å². The minimum Gasteiger partial charge on any atom is -0.493 e. The number of hydrogen-bond acceptors (Lipinski definition) is 6. The molecule has 1 heterocycles. The number of carbonyl (C=O) groups is 1. The predicted octanol–water partition coefficient (Wildman–Crippen LogP) is 2.82. The quantitative estimate of drug-likeness (QED) is 0.584. The number of nitrogens with one attached hydrogen (secondary N) is 2. The topological polar surface area (TPSA) is 110 Å². The molecule has 2 N–H and O–H groups in total. The SMILES string of the molecule is O=C(CCOc1ccc(F)cc1)Nc1ccc(S(=O)(=O)Nc2ncccn2)cc1. The number of ether oxygens (including phenoxy) is 1. The van der Waals surface area contributed by atoms with E-state index in [1.54, 1.807) is 6.07 Å². The van der Waals surface area contributed by atoms with E-state index in [0.29, 0.717) is 11.4 Å². The van der Waals surface area contributed by atoms with Crippen molar-refractivity contribution in [3.63, 3.8) is 0 Å². The number of rotatable bonds is 8. The highest BCUT2D eigenvalue weighted by Crippen LogP contribution is 2.17. The van der Waals surface area contributed by atoms with Crippen molar-refractivity contribution in [1.82, 2.24) is 9.97 Å². The van der Waals surface area contributed by atoms with Gasteiger partial charge in [0.1, 0.15) is 11.6 Å². The molecule has 0 aliphatic carbocycles. The molecule has 0 saturated carbocycles. The Morgan fingerprint density at radius 1 is 1.00 bits per heavy atom. The normalized spacial score (nSPS) is 10.9. The Balaban J connectivity index is 1.51. The van der Waals surface area contributed by atoms with Gasteiger partial charge >= 0.3 is 0 Å². The molecular formula is C19H17FN4O4S. The van der Waals surface area contributed by atoms with Crippen LogP contribution in [0.25, 0.3) is 0 Å². The number of amides is 1. The first kappa shape index (κ1) is 20.2. The molecule has 0 aliphatic rings. The highest BCUT2D eigenvalue weighted by Gasteiger charge is 2.15. The summed E-state index contributed by atoms with van der Waals surface area (Å²) >= 11 is 0. The second-order valence-corrected chi connectivity index (χ2v) is 7.49. The monoisotopic (exact) mass is 416 g/mol. The molecule has 3 rings (SSSR count). The largest absolute Gasteiger partial charge is 0.493 e. The number of aromatic nitrogens is 2. The van der Waals surface area contributed by atoms with E-state index in [4.69, 9.17) is 4.74 Å². The van der Waals surface area contributed by atoms with Gasteiger partial charge in [-0.05, 0) is 54.6 Å². The van der Waals surface area contributed by atoms with Gasteiger partial charge in [-0.15, -0.1) is 0 Å². The van der Waals surface area contributed by atoms with Crippen LogP contribution in [-0.4, -0.2) is 30.9 Å². The van der Waals surface area contributed by atoms with Crippen LogP contribution in [-0.2, 0) is 14.8 Å². The predicted molar refractivity (Wildman–Crippen MR) is 104 cm³/mol. The minimum atomic E-state index is -3.84. The zero-order valence-electron chi connectivity index (χ0n) is 15.1. The van der Waals surface area contributed by atoms with E-state index in [1.807, 2.05) is 0 Å². The Kier molecular flexibility index (Phi) is 6.35. The second kappa shape index (κ2) is 9.11. The molecule has 1 amide bonds. The van der Waals surface area contributed by atoms with Crippen molar-refractivity contribution >= 4 is 27.6 Å². The van der Waals surface area contributed by atoms with Crippen molar-refractivity contribution in [1.29, 1.82) is 0 Å². The van der Waals surface area contributed by atoms with Crippen molar-refractivity contribution in [2.45, 2.75) is 11.3 Å². The van der Waals surface area contributed by atoms with Gasteiger partial charge in [0.25, 0.3) is 10.0 Å². The summed E-state index contributed by atoms with van der Waals surface area (Å²) in [5, 5.41) is 2.65. The van der Waals surface area contributed by atoms with Crippen LogP contribution in [0.2, 0.25) is 0 Å². The van der Waals surface area contributed by atoms with E-state index < -0.39 is 10.0 Å². The standard InChI is InChI=1S/C19H17FN4O4S/c20-14-2-6-16(7-3-14)28-13-10-18(25)23-15-4-8-17(9-5-15)29(26,27)24-19-21-11-1-12-22-19/h1-9,11-12H,10,13H2,(H,23,25)(H,21,22,24). The van der Waals surface area contributed by atoms with Crippen LogP contribution in [0.4, 0.5) is 16.0 Å². The number of sulfonamides is 1. The maximum atomic E-state index is 12.8. The minimum absolute atomic E-state index is 0.00240. The Labute approximate surface area is 166 Å². The van der Waals surface area contributed by atoms with Gasteiger partial charge in [0.2, 0.25) is 11.9 Å². The first-order valence-electron chi connectivity index (χ1n) is 8.50. The zero-order valence-corrected chi connectivity index (χ0v) is 15.9. The molecule has 0 fully saturated rings. The molecule has 0 bridgehead atoms. The molecule has 0 unspecified atom stereocenters. The van der Waals surface area contributed by atoms with Crippen LogP contribution in [0.1, 0.15) is 6.42 Å². The summed E-state index contributed by atoms with van der Waals surface area (Å²) in [6, 6.07) is 12.7. The van der Waals surface area contributed by atoms with E-state index in [2.05, 4.69) is 20.0 Å². The van der Waals surface area contributed by atoms with E-state index in [-0.39, 0.29) is 35.6 Å². The Morgan fingerprint density at radius 2 is 1.66 bits per heavy atom. The van der Waals surface area contributed by atoms with E-state index in [0.717, 1.165) is 0 Å². The highest BCUT2D eigenvalue weighted by molar-refractivity contribution is 7.92. The molecule has 8 nitrogen and oxygen atoms in total. The first-order chi connectivity index (χ1) is 13.9. The van der Waals surface area contributed by atoms with Gasteiger partial charge < -0.3 is 10.1 Å². The lowest BCUT2D eigenvalue weighted by molar-refractivity contribution is -0.116. The van der Waals surface area contributed by atoms with Gasteiger partial charge in [-0.25, -0.2) is 27.5 Å². The molecule has 2 aromatic carbocycles. The fourth-order valence-electron chi connectivity index (χ4n) is 2.26. The van der Waals surface area contributed by atoms with Gasteiger partial charge in [-0.3, -0.25) is 4.79 Å². The Hall–Kier alpha value is -3.53. The lowest BCUT2D eigenvalue weighted by Crippen LogP contribution is -2.16. The van der Waals surface area contributed by atoms with Crippen molar-refractivity contribution in [3.05, 3.63) is 72.8 Å². The molecule has 0 atom stereocenters. The van der Waals surface area contributed by atoms with Crippen LogP contribution >= 0.6 is 0 Å². The zero-order chi connectivity index (χ0) is 20.7. The number of nitrogens with zero attached hydrogens (tertiary/aromatic N) is 2. The molecule has 0 saturated heterocycles. The molecule has 0 spiro atoms. The Bertz CT molecular complexity index is 1060. The maximum Gasteiger partial charge on any atom is 0.264 e. The fourth-order valence-corrected chi connectivity index (χ4v) is 3.22. The van der Waals surface area contributed by atoms with E-state index >= 15 is 0 Å². The van der Waals surface area contributed by atoms with E-state index in [9.17, 15) is 17.6 Å². The average Bonchev–Trinajstić information content (AvgIpc) is 2.70. The van der Waals surface area contributed by atoms with Crippen LogP contribution in [0.3, 0.4) is 0 Å². The van der Waals surface area contributed by atoms with E-state index in [1.165, 1.54) is 60.9 Å². The summed E-state index contributed by atoms with van der Waals surface area (Å²) in [7, 11) is -3.84. The Morgan fingerprint density at radius 3 is 2.31 bits per heavy atom. The van der Waals surface area contributed by atoms with Crippen LogP contribution in [0, 0.1) is 5.82 Å². The fraction of sp³-hybridized carbons (Fsp3) is 0.105. The molecule has 3 aromatic rings. The summed E-state index contributed by atoms with van der Waals surface area (Å²) in [5.41, 5.74) is 0.437. The number of anilines is 2.